The third kappa shape index (κ3) is 3.68. The molecule has 0 heterocycles. The number of anilines is 1. The molecule has 0 aromatic heterocycles. The Balaban J connectivity index is 1.96. The van der Waals surface area contributed by atoms with E-state index in [0.717, 1.165) is 11.3 Å². The molecule has 1 amide bonds. The fourth-order valence-corrected chi connectivity index (χ4v) is 1.68. The minimum Gasteiger partial charge on any atom is -0.378 e. The van der Waals surface area contributed by atoms with Crippen LogP contribution in [0.15, 0.2) is 59.7 Å². The molecule has 0 unspecified atom stereocenters. The minimum absolute atomic E-state index is 0.220. The quantitative estimate of drug-likeness (QED) is 0.683. The van der Waals surface area contributed by atoms with Crippen LogP contribution in [0.3, 0.4) is 0 Å². The van der Waals surface area contributed by atoms with E-state index >= 15 is 0 Å². The zero-order valence-corrected chi connectivity index (χ0v) is 11.6. The van der Waals surface area contributed by atoms with Crippen LogP contribution in [0.25, 0.3) is 0 Å². The van der Waals surface area contributed by atoms with Crippen molar-refractivity contribution >= 4 is 17.8 Å². The SMILES string of the molecule is CN(C)c1ccc(C(=O)N/N=C/c2ccccc2)cc1. The molecule has 2 aromatic carbocycles. The van der Waals surface area contributed by atoms with Gasteiger partial charge in [-0.1, -0.05) is 30.3 Å². The zero-order valence-electron chi connectivity index (χ0n) is 11.6. The molecular formula is C16H17N3O. The Labute approximate surface area is 118 Å². The number of rotatable bonds is 4. The molecule has 0 radical (unpaired) electrons. The third-order valence-electron chi connectivity index (χ3n) is 2.83. The molecule has 0 aliphatic rings. The van der Waals surface area contributed by atoms with E-state index in [1.54, 1.807) is 18.3 Å². The molecule has 2 rings (SSSR count). The molecule has 0 bridgehead atoms. The van der Waals surface area contributed by atoms with Crippen LogP contribution in [0, 0.1) is 0 Å². The Hall–Kier alpha value is -2.62. The van der Waals surface area contributed by atoms with E-state index in [0.29, 0.717) is 5.56 Å². The van der Waals surface area contributed by atoms with Crippen LogP contribution in [0.4, 0.5) is 5.69 Å². The summed E-state index contributed by atoms with van der Waals surface area (Å²) >= 11 is 0. The van der Waals surface area contributed by atoms with E-state index in [2.05, 4.69) is 10.5 Å². The van der Waals surface area contributed by atoms with Crippen molar-refractivity contribution in [3.05, 3.63) is 65.7 Å². The number of carbonyl (C=O) groups is 1. The lowest BCUT2D eigenvalue weighted by Gasteiger charge is -2.12. The van der Waals surface area contributed by atoms with Crippen LogP contribution in [0.2, 0.25) is 0 Å². The Bertz CT molecular complexity index is 589. The molecule has 0 spiro atoms. The fraction of sp³-hybridized carbons (Fsp3) is 0.125. The van der Waals surface area contributed by atoms with Crippen LogP contribution >= 0.6 is 0 Å². The molecule has 4 heteroatoms. The number of nitrogens with one attached hydrogen (secondary N) is 1. The van der Waals surface area contributed by atoms with Crippen LogP contribution in [-0.4, -0.2) is 26.2 Å². The maximum atomic E-state index is 11.9. The van der Waals surface area contributed by atoms with Crippen molar-refractivity contribution in [1.29, 1.82) is 0 Å². The van der Waals surface area contributed by atoms with Crippen molar-refractivity contribution in [1.82, 2.24) is 5.43 Å². The maximum Gasteiger partial charge on any atom is 0.271 e. The Morgan fingerprint density at radius 2 is 1.70 bits per heavy atom. The van der Waals surface area contributed by atoms with E-state index < -0.39 is 0 Å². The van der Waals surface area contributed by atoms with Gasteiger partial charge in [-0.05, 0) is 29.8 Å². The first-order chi connectivity index (χ1) is 9.66. The summed E-state index contributed by atoms with van der Waals surface area (Å²) in [5.41, 5.74) is 5.09. The van der Waals surface area contributed by atoms with Gasteiger partial charge in [-0.3, -0.25) is 4.79 Å². The molecule has 1 N–H and O–H groups in total. The summed E-state index contributed by atoms with van der Waals surface area (Å²) in [6, 6.07) is 17.0. The van der Waals surface area contributed by atoms with E-state index in [-0.39, 0.29) is 5.91 Å². The van der Waals surface area contributed by atoms with Crippen LogP contribution in [-0.2, 0) is 0 Å². The van der Waals surface area contributed by atoms with Gasteiger partial charge in [0.2, 0.25) is 0 Å². The van der Waals surface area contributed by atoms with Crippen molar-refractivity contribution in [3.63, 3.8) is 0 Å². The van der Waals surface area contributed by atoms with Crippen molar-refractivity contribution < 1.29 is 4.79 Å². The highest BCUT2D eigenvalue weighted by atomic mass is 16.2. The van der Waals surface area contributed by atoms with Crippen molar-refractivity contribution in [3.8, 4) is 0 Å². The third-order valence-corrected chi connectivity index (χ3v) is 2.83. The predicted octanol–water partition coefficient (Wildman–Crippen LogP) is 2.52. The van der Waals surface area contributed by atoms with Gasteiger partial charge in [0.1, 0.15) is 0 Å². The standard InChI is InChI=1S/C16H17N3O/c1-19(2)15-10-8-14(9-11-15)16(20)18-17-12-13-6-4-3-5-7-13/h3-12H,1-2H3,(H,18,20)/b17-12+. The topological polar surface area (TPSA) is 44.7 Å². The molecule has 0 fully saturated rings. The molecule has 0 saturated carbocycles. The highest BCUT2D eigenvalue weighted by Crippen LogP contribution is 2.11. The largest absolute Gasteiger partial charge is 0.378 e. The Kier molecular flexibility index (Phi) is 4.50. The van der Waals surface area contributed by atoms with Crippen LogP contribution < -0.4 is 10.3 Å². The number of amides is 1. The number of hydrazone groups is 1. The lowest BCUT2D eigenvalue weighted by molar-refractivity contribution is 0.0955. The van der Waals surface area contributed by atoms with Crippen molar-refractivity contribution in [2.24, 2.45) is 5.10 Å². The Morgan fingerprint density at radius 3 is 2.30 bits per heavy atom. The Morgan fingerprint density at radius 1 is 1.05 bits per heavy atom. The second-order valence-electron chi connectivity index (χ2n) is 4.55. The monoisotopic (exact) mass is 267 g/mol. The molecule has 0 saturated heterocycles. The first-order valence-electron chi connectivity index (χ1n) is 6.32. The lowest BCUT2D eigenvalue weighted by atomic mass is 10.2. The molecule has 4 nitrogen and oxygen atoms in total. The second kappa shape index (κ2) is 6.52. The van der Waals surface area contributed by atoms with Gasteiger partial charge in [0.25, 0.3) is 5.91 Å². The highest BCUT2D eigenvalue weighted by Gasteiger charge is 2.04. The smallest absolute Gasteiger partial charge is 0.271 e. The first kappa shape index (κ1) is 13.8. The summed E-state index contributed by atoms with van der Waals surface area (Å²) in [6.07, 6.45) is 1.62. The molecule has 0 aliphatic heterocycles. The fourth-order valence-electron chi connectivity index (χ4n) is 1.68. The van der Waals surface area contributed by atoms with Gasteiger partial charge in [0, 0.05) is 25.3 Å². The molecule has 0 aliphatic carbocycles. The summed E-state index contributed by atoms with van der Waals surface area (Å²) in [5.74, 6) is -0.220. The van der Waals surface area contributed by atoms with Gasteiger partial charge in [0.05, 0.1) is 6.21 Å². The van der Waals surface area contributed by atoms with E-state index in [9.17, 15) is 4.79 Å². The lowest BCUT2D eigenvalue weighted by Crippen LogP contribution is -2.17. The van der Waals surface area contributed by atoms with Crippen LogP contribution in [0.1, 0.15) is 15.9 Å². The molecule has 0 atom stereocenters. The van der Waals surface area contributed by atoms with Gasteiger partial charge in [-0.2, -0.15) is 5.10 Å². The zero-order chi connectivity index (χ0) is 14.4. The average molecular weight is 267 g/mol. The number of carbonyl (C=O) groups excluding carboxylic acids is 1. The van der Waals surface area contributed by atoms with Crippen molar-refractivity contribution in [2.75, 3.05) is 19.0 Å². The summed E-state index contributed by atoms with van der Waals surface area (Å²) in [7, 11) is 3.92. The van der Waals surface area contributed by atoms with Gasteiger partial charge >= 0.3 is 0 Å². The number of benzene rings is 2. The van der Waals surface area contributed by atoms with Gasteiger partial charge < -0.3 is 4.90 Å². The molecule has 20 heavy (non-hydrogen) atoms. The maximum absolute atomic E-state index is 11.9. The average Bonchev–Trinajstić information content (AvgIpc) is 2.48. The highest BCUT2D eigenvalue weighted by molar-refractivity contribution is 5.95. The second-order valence-corrected chi connectivity index (χ2v) is 4.55. The molecule has 2 aromatic rings. The van der Waals surface area contributed by atoms with Gasteiger partial charge in [0.15, 0.2) is 0 Å². The van der Waals surface area contributed by atoms with Gasteiger partial charge in [-0.15, -0.1) is 0 Å². The molecule has 102 valence electrons. The van der Waals surface area contributed by atoms with Crippen LogP contribution in [0.5, 0.6) is 0 Å². The van der Waals surface area contributed by atoms with Gasteiger partial charge in [-0.25, -0.2) is 5.43 Å². The number of hydrogen-bond acceptors (Lipinski definition) is 3. The summed E-state index contributed by atoms with van der Waals surface area (Å²) in [6.45, 7) is 0. The summed E-state index contributed by atoms with van der Waals surface area (Å²) in [4.78, 5) is 13.9. The number of hydrogen-bond donors (Lipinski definition) is 1. The summed E-state index contributed by atoms with van der Waals surface area (Å²) < 4.78 is 0. The van der Waals surface area contributed by atoms with E-state index in [4.69, 9.17) is 0 Å². The number of nitrogens with zero attached hydrogens (tertiary/aromatic N) is 2. The van der Waals surface area contributed by atoms with E-state index in [1.165, 1.54) is 0 Å². The first-order valence-corrected chi connectivity index (χ1v) is 6.32. The minimum atomic E-state index is -0.220. The normalized spacial score (nSPS) is 10.5. The van der Waals surface area contributed by atoms with Crippen molar-refractivity contribution in [2.45, 2.75) is 0 Å². The van der Waals surface area contributed by atoms with E-state index in [1.807, 2.05) is 61.5 Å². The predicted molar refractivity (Wildman–Crippen MR) is 82.3 cm³/mol. The molecular weight excluding hydrogens is 250 g/mol. The summed E-state index contributed by atoms with van der Waals surface area (Å²) in [5, 5.41) is 3.94.